The maximum Gasteiger partial charge on any atom is 0.342 e. The monoisotopic (exact) mass is 349 g/mol. The van der Waals surface area contributed by atoms with E-state index in [2.05, 4.69) is 11.5 Å². The average Bonchev–Trinajstić information content (AvgIpc) is 2.91. The zero-order chi connectivity index (χ0) is 18.0. The van der Waals surface area contributed by atoms with E-state index in [-0.39, 0.29) is 36.9 Å². The summed E-state index contributed by atoms with van der Waals surface area (Å²) in [5, 5.41) is 10.6. The molecule has 7 nitrogen and oxygen atoms in total. The van der Waals surface area contributed by atoms with Gasteiger partial charge in [0.15, 0.2) is 11.2 Å². The van der Waals surface area contributed by atoms with Crippen molar-refractivity contribution in [2.24, 2.45) is 0 Å². The molecule has 4 rings (SSSR count). The van der Waals surface area contributed by atoms with Crippen LogP contribution in [0.3, 0.4) is 0 Å². The molecule has 5 atom stereocenters. The van der Waals surface area contributed by atoms with Gasteiger partial charge in [0.2, 0.25) is 0 Å². The molecule has 7 heteroatoms. The largest absolute Gasteiger partial charge is 0.459 e. The molecule has 1 N–H and O–H groups in total. The number of cyclic esters (lactones) is 1. The molecule has 0 radical (unpaired) electrons. The van der Waals surface area contributed by atoms with Crippen LogP contribution in [0.1, 0.15) is 26.7 Å². The van der Waals surface area contributed by atoms with Gasteiger partial charge in [-0.2, -0.15) is 0 Å². The fourth-order valence-electron chi connectivity index (χ4n) is 4.04. The SMILES string of the molecule is C=C1C[C@@]2(O[C@H]2C)C(=O)O[C@@H]2CCN3CC=C(COC(=O)[C@]1(C)O)[C@H]23. The Morgan fingerprint density at radius 1 is 1.36 bits per heavy atom. The van der Waals surface area contributed by atoms with Crippen LogP contribution in [0.2, 0.25) is 0 Å². The molecule has 0 unspecified atom stereocenters. The second-order valence-electron chi connectivity index (χ2n) is 7.53. The van der Waals surface area contributed by atoms with Crippen LogP contribution in [0.5, 0.6) is 0 Å². The maximum atomic E-state index is 12.8. The predicted molar refractivity (Wildman–Crippen MR) is 86.6 cm³/mol. The van der Waals surface area contributed by atoms with Crippen molar-refractivity contribution in [1.29, 1.82) is 0 Å². The highest BCUT2D eigenvalue weighted by Crippen LogP contribution is 2.46. The van der Waals surface area contributed by atoms with Gasteiger partial charge in [-0.25, -0.2) is 9.59 Å². The third kappa shape index (κ3) is 2.45. The van der Waals surface area contributed by atoms with E-state index in [4.69, 9.17) is 14.2 Å². The molecule has 4 aliphatic rings. The number of ether oxygens (including phenoxy) is 3. The summed E-state index contributed by atoms with van der Waals surface area (Å²) in [6.07, 6.45) is 2.15. The van der Waals surface area contributed by atoms with E-state index in [9.17, 15) is 14.7 Å². The minimum absolute atomic E-state index is 0.0267. The molecule has 3 saturated heterocycles. The van der Waals surface area contributed by atoms with Gasteiger partial charge in [-0.3, -0.25) is 4.90 Å². The number of hydrogen-bond acceptors (Lipinski definition) is 7. The summed E-state index contributed by atoms with van der Waals surface area (Å²) in [7, 11) is 0. The highest BCUT2D eigenvalue weighted by atomic mass is 16.7. The van der Waals surface area contributed by atoms with E-state index in [1.165, 1.54) is 6.92 Å². The van der Waals surface area contributed by atoms with Crippen LogP contribution < -0.4 is 0 Å². The van der Waals surface area contributed by atoms with Gasteiger partial charge >= 0.3 is 11.9 Å². The van der Waals surface area contributed by atoms with Gasteiger partial charge in [-0.15, -0.1) is 0 Å². The van der Waals surface area contributed by atoms with Crippen LogP contribution >= 0.6 is 0 Å². The van der Waals surface area contributed by atoms with Crippen molar-refractivity contribution in [1.82, 2.24) is 4.90 Å². The molecule has 0 aromatic rings. The van der Waals surface area contributed by atoms with Crippen molar-refractivity contribution >= 4 is 11.9 Å². The van der Waals surface area contributed by atoms with Crippen LogP contribution in [-0.4, -0.2) is 71.1 Å². The Morgan fingerprint density at radius 3 is 2.76 bits per heavy atom. The number of epoxide rings is 1. The van der Waals surface area contributed by atoms with E-state index in [1.807, 2.05) is 6.08 Å². The summed E-state index contributed by atoms with van der Waals surface area (Å²) >= 11 is 0. The third-order valence-electron chi connectivity index (χ3n) is 5.94. The van der Waals surface area contributed by atoms with Crippen LogP contribution in [0, 0.1) is 0 Å². The Kier molecular flexibility index (Phi) is 3.62. The first kappa shape index (κ1) is 16.8. The Morgan fingerprint density at radius 2 is 2.08 bits per heavy atom. The lowest BCUT2D eigenvalue weighted by Crippen LogP contribution is -2.45. The van der Waals surface area contributed by atoms with Gasteiger partial charge in [0.1, 0.15) is 12.7 Å². The number of esters is 2. The standard InChI is InChI=1S/C18H23NO6/c1-10-8-18(11(2)25-18)16(21)24-13-5-7-19-6-4-12(14(13)19)9-23-15(20)17(10,3)22/h4,11,13-14,22H,1,5-9H2,2-3H3/t11-,13+,14+,17+,18-/m0/s1. The minimum Gasteiger partial charge on any atom is -0.459 e. The molecule has 0 saturated carbocycles. The molecule has 4 aliphatic heterocycles. The Labute approximate surface area is 146 Å². The lowest BCUT2D eigenvalue weighted by Gasteiger charge is -2.30. The van der Waals surface area contributed by atoms with Crippen LogP contribution in [0.25, 0.3) is 0 Å². The number of carbonyl (C=O) groups excluding carboxylic acids is 2. The van der Waals surface area contributed by atoms with E-state index >= 15 is 0 Å². The smallest absolute Gasteiger partial charge is 0.342 e. The minimum atomic E-state index is -1.88. The lowest BCUT2D eigenvalue weighted by molar-refractivity contribution is -0.162. The van der Waals surface area contributed by atoms with Gasteiger partial charge in [-0.05, 0) is 31.4 Å². The summed E-state index contributed by atoms with van der Waals surface area (Å²) in [6, 6.07) is -0.0737. The van der Waals surface area contributed by atoms with Gasteiger partial charge in [0.05, 0.1) is 12.1 Å². The molecular weight excluding hydrogens is 326 g/mol. The van der Waals surface area contributed by atoms with Gasteiger partial charge in [-0.1, -0.05) is 12.7 Å². The second kappa shape index (κ2) is 5.40. The molecule has 0 amide bonds. The summed E-state index contributed by atoms with van der Waals surface area (Å²) in [5.41, 5.74) is -1.96. The van der Waals surface area contributed by atoms with E-state index in [0.717, 1.165) is 25.1 Å². The van der Waals surface area contributed by atoms with Crippen LogP contribution in [-0.2, 0) is 23.8 Å². The van der Waals surface area contributed by atoms with Crippen LogP contribution in [0.15, 0.2) is 23.8 Å². The maximum absolute atomic E-state index is 12.8. The molecule has 0 aromatic carbocycles. The molecule has 0 bridgehead atoms. The summed E-state index contributed by atoms with van der Waals surface area (Å²) in [6.45, 7) is 8.56. The molecule has 0 aromatic heterocycles. The number of aliphatic hydroxyl groups is 1. The predicted octanol–water partition coefficient (Wildman–Crippen LogP) is 0.324. The third-order valence-corrected chi connectivity index (χ3v) is 5.94. The number of carbonyl (C=O) groups is 2. The van der Waals surface area contributed by atoms with E-state index in [1.54, 1.807) is 6.92 Å². The topological polar surface area (TPSA) is 88.6 Å². The summed E-state index contributed by atoms with van der Waals surface area (Å²) in [4.78, 5) is 27.4. The number of nitrogens with zero attached hydrogens (tertiary/aromatic N) is 1. The second-order valence-corrected chi connectivity index (χ2v) is 7.53. The zero-order valence-corrected chi connectivity index (χ0v) is 14.5. The number of rotatable bonds is 0. The zero-order valence-electron chi connectivity index (χ0n) is 14.5. The first-order chi connectivity index (χ1) is 11.8. The lowest BCUT2D eigenvalue weighted by atomic mass is 9.87. The van der Waals surface area contributed by atoms with Gasteiger partial charge in [0, 0.05) is 19.5 Å². The summed E-state index contributed by atoms with van der Waals surface area (Å²) in [5.74, 6) is -1.20. The average molecular weight is 349 g/mol. The van der Waals surface area contributed by atoms with Crippen molar-refractivity contribution in [2.75, 3.05) is 19.7 Å². The van der Waals surface area contributed by atoms with Gasteiger partial charge in [0.25, 0.3) is 0 Å². The molecular formula is C18H23NO6. The highest BCUT2D eigenvalue weighted by Gasteiger charge is 2.63. The van der Waals surface area contributed by atoms with Crippen molar-refractivity contribution in [3.05, 3.63) is 23.8 Å². The quantitative estimate of drug-likeness (QED) is 0.383. The molecule has 136 valence electrons. The molecule has 3 fully saturated rings. The van der Waals surface area contributed by atoms with Crippen molar-refractivity contribution < 1.29 is 28.9 Å². The Hall–Kier alpha value is -1.70. The first-order valence-corrected chi connectivity index (χ1v) is 8.65. The molecule has 4 heterocycles. The Bertz CT molecular complexity index is 683. The van der Waals surface area contributed by atoms with Gasteiger partial charge < -0.3 is 19.3 Å². The van der Waals surface area contributed by atoms with Crippen LogP contribution in [0.4, 0.5) is 0 Å². The van der Waals surface area contributed by atoms with Crippen molar-refractivity contribution in [3.63, 3.8) is 0 Å². The number of hydrogen-bond donors (Lipinski definition) is 1. The van der Waals surface area contributed by atoms with E-state index in [0.29, 0.717) is 0 Å². The first-order valence-electron chi connectivity index (χ1n) is 8.65. The van der Waals surface area contributed by atoms with Crippen molar-refractivity contribution in [3.8, 4) is 0 Å². The van der Waals surface area contributed by atoms with E-state index < -0.39 is 23.1 Å². The summed E-state index contributed by atoms with van der Waals surface area (Å²) < 4.78 is 16.7. The molecule has 1 spiro atoms. The highest BCUT2D eigenvalue weighted by molar-refractivity contribution is 5.86. The normalized spacial score (nSPS) is 44.5. The van der Waals surface area contributed by atoms with Crippen molar-refractivity contribution in [2.45, 2.75) is 56.1 Å². The molecule has 0 aliphatic carbocycles. The fraction of sp³-hybridized carbons (Fsp3) is 0.667. The molecule has 25 heavy (non-hydrogen) atoms. The Balaban J connectivity index is 1.67. The fourth-order valence-corrected chi connectivity index (χ4v) is 4.04.